The molecule has 138 valence electrons. The molecule has 1 fully saturated rings. The number of rotatable bonds is 5. The van der Waals surface area contributed by atoms with Gasteiger partial charge in [-0.15, -0.1) is 12.4 Å². The number of nitrogens with zero attached hydrogens (tertiary/aromatic N) is 1. The number of piperazine rings is 1. The number of ether oxygens (including phenoxy) is 1. The third-order valence-corrected chi connectivity index (χ3v) is 5.97. The number of nitrogens with one attached hydrogen (secondary N) is 1. The maximum absolute atomic E-state index is 14.5. The highest BCUT2D eigenvalue weighted by Gasteiger charge is 2.45. The zero-order chi connectivity index (χ0) is 17.2. The van der Waals surface area contributed by atoms with E-state index in [1.807, 2.05) is 0 Å². The maximum atomic E-state index is 14.5. The van der Waals surface area contributed by atoms with E-state index >= 15 is 0 Å². The topological polar surface area (TPSA) is 65.0 Å². The summed E-state index contributed by atoms with van der Waals surface area (Å²) in [5, 5.41) is 22.3. The summed E-state index contributed by atoms with van der Waals surface area (Å²) in [5.41, 5.74) is 0.243. The van der Waals surface area contributed by atoms with Gasteiger partial charge in [-0.1, -0.05) is 0 Å². The number of halogens is 5. The first-order valence-electron chi connectivity index (χ1n) is 7.01. The Morgan fingerprint density at radius 3 is 2.42 bits per heavy atom. The number of benzene rings is 1. The Balaban J connectivity index is 0.00000288. The SMILES string of the molecule is COc1cc([C@@H](N2CCNCC2)C(F)(F)CO)c(Br)c(Br)c1O.Cl. The van der Waals surface area contributed by atoms with Gasteiger partial charge in [0.1, 0.15) is 12.6 Å². The Labute approximate surface area is 162 Å². The van der Waals surface area contributed by atoms with Crippen LogP contribution in [0.4, 0.5) is 8.78 Å². The second-order valence-electron chi connectivity index (χ2n) is 5.25. The largest absolute Gasteiger partial charge is 0.503 e. The van der Waals surface area contributed by atoms with Crippen molar-refractivity contribution >= 4 is 44.3 Å². The van der Waals surface area contributed by atoms with Crippen LogP contribution in [0.5, 0.6) is 11.5 Å². The summed E-state index contributed by atoms with van der Waals surface area (Å²) in [6.45, 7) is 0.758. The van der Waals surface area contributed by atoms with Crippen LogP contribution < -0.4 is 10.1 Å². The van der Waals surface area contributed by atoms with Gasteiger partial charge in [-0.2, -0.15) is 0 Å². The normalized spacial score (nSPS) is 17.2. The van der Waals surface area contributed by atoms with Crippen LogP contribution >= 0.6 is 44.3 Å². The van der Waals surface area contributed by atoms with Gasteiger partial charge < -0.3 is 20.3 Å². The van der Waals surface area contributed by atoms with Gasteiger partial charge in [0, 0.05) is 30.7 Å². The highest BCUT2D eigenvalue weighted by Crippen LogP contribution is 2.48. The van der Waals surface area contributed by atoms with E-state index in [1.54, 1.807) is 4.90 Å². The number of aromatic hydroxyl groups is 1. The van der Waals surface area contributed by atoms with Crippen LogP contribution in [0.1, 0.15) is 11.6 Å². The molecule has 2 rings (SSSR count). The van der Waals surface area contributed by atoms with E-state index in [9.17, 15) is 19.0 Å². The molecule has 5 nitrogen and oxygen atoms in total. The molecule has 0 unspecified atom stereocenters. The fourth-order valence-electron chi connectivity index (χ4n) is 2.68. The summed E-state index contributed by atoms with van der Waals surface area (Å²) in [5.74, 6) is -3.43. The van der Waals surface area contributed by atoms with Crippen LogP contribution in [0.25, 0.3) is 0 Å². The zero-order valence-corrected chi connectivity index (χ0v) is 16.8. The molecular weight excluding hydrogens is 477 g/mol. The number of aliphatic hydroxyl groups is 1. The van der Waals surface area contributed by atoms with Crippen LogP contribution in [0.15, 0.2) is 15.0 Å². The van der Waals surface area contributed by atoms with Gasteiger partial charge >= 0.3 is 0 Å². The Morgan fingerprint density at radius 2 is 1.92 bits per heavy atom. The van der Waals surface area contributed by atoms with Crippen molar-refractivity contribution in [2.75, 3.05) is 39.9 Å². The van der Waals surface area contributed by atoms with Gasteiger partial charge in [0.2, 0.25) is 0 Å². The van der Waals surface area contributed by atoms with E-state index in [-0.39, 0.29) is 33.9 Å². The summed E-state index contributed by atoms with van der Waals surface area (Å²) in [7, 11) is 1.35. The lowest BCUT2D eigenvalue weighted by Crippen LogP contribution is -2.51. The van der Waals surface area contributed by atoms with Crippen molar-refractivity contribution in [3.05, 3.63) is 20.6 Å². The van der Waals surface area contributed by atoms with Crippen LogP contribution in [0.2, 0.25) is 0 Å². The predicted molar refractivity (Wildman–Crippen MR) is 96.5 cm³/mol. The van der Waals surface area contributed by atoms with Crippen molar-refractivity contribution in [3.63, 3.8) is 0 Å². The molecule has 0 aliphatic carbocycles. The van der Waals surface area contributed by atoms with Crippen molar-refractivity contribution in [2.24, 2.45) is 0 Å². The first-order chi connectivity index (χ1) is 10.8. The third-order valence-electron chi connectivity index (χ3n) is 3.82. The molecule has 10 heteroatoms. The van der Waals surface area contributed by atoms with Crippen molar-refractivity contribution < 1.29 is 23.7 Å². The Kier molecular flexibility index (Phi) is 8.15. The molecule has 0 bridgehead atoms. The molecule has 1 aromatic rings. The molecule has 24 heavy (non-hydrogen) atoms. The molecule has 0 radical (unpaired) electrons. The predicted octanol–water partition coefficient (Wildman–Crippen LogP) is 2.92. The van der Waals surface area contributed by atoms with Gasteiger partial charge in [0.25, 0.3) is 5.92 Å². The number of phenolic OH excluding ortho intramolecular Hbond substituents is 1. The average Bonchev–Trinajstić information content (AvgIpc) is 2.56. The van der Waals surface area contributed by atoms with Crippen LogP contribution in [-0.2, 0) is 0 Å². The molecular formula is C14H19Br2ClF2N2O3. The van der Waals surface area contributed by atoms with E-state index in [0.29, 0.717) is 30.7 Å². The van der Waals surface area contributed by atoms with Gasteiger partial charge in [-0.05, 0) is 43.5 Å². The van der Waals surface area contributed by atoms with Crippen molar-refractivity contribution in [1.29, 1.82) is 0 Å². The number of alkyl halides is 2. The lowest BCUT2D eigenvalue weighted by Gasteiger charge is -2.39. The molecule has 1 saturated heterocycles. The molecule has 0 saturated carbocycles. The van der Waals surface area contributed by atoms with Gasteiger partial charge in [-0.3, -0.25) is 4.90 Å². The smallest absolute Gasteiger partial charge is 0.289 e. The molecule has 1 aliphatic rings. The minimum Gasteiger partial charge on any atom is -0.503 e. The monoisotopic (exact) mass is 494 g/mol. The number of hydrogen-bond donors (Lipinski definition) is 3. The van der Waals surface area contributed by atoms with E-state index in [0.717, 1.165) is 0 Å². The lowest BCUT2D eigenvalue weighted by atomic mass is 9.97. The van der Waals surface area contributed by atoms with Crippen LogP contribution in [-0.4, -0.2) is 60.9 Å². The van der Waals surface area contributed by atoms with Crippen LogP contribution in [0.3, 0.4) is 0 Å². The molecule has 1 aliphatic heterocycles. The summed E-state index contributed by atoms with van der Waals surface area (Å²) < 4.78 is 34.6. The Morgan fingerprint density at radius 1 is 1.33 bits per heavy atom. The first kappa shape index (κ1) is 21.9. The van der Waals surface area contributed by atoms with Gasteiger partial charge in [-0.25, -0.2) is 8.78 Å². The summed E-state index contributed by atoms with van der Waals surface area (Å²) >= 11 is 6.45. The molecule has 1 atom stereocenters. The Hall–Kier alpha value is -0.190. The number of phenols is 1. The van der Waals surface area contributed by atoms with Gasteiger partial charge in [0.15, 0.2) is 11.5 Å². The number of aliphatic hydroxyl groups excluding tert-OH is 1. The number of methoxy groups -OCH3 is 1. The minimum absolute atomic E-state index is 0. The summed E-state index contributed by atoms with van der Waals surface area (Å²) in [6, 6.07) is 0.0373. The van der Waals surface area contributed by atoms with E-state index < -0.39 is 18.6 Å². The fourth-order valence-corrected chi connectivity index (χ4v) is 3.63. The molecule has 0 spiro atoms. The minimum atomic E-state index is -3.35. The Bertz CT molecular complexity index is 575. The van der Waals surface area contributed by atoms with E-state index in [2.05, 4.69) is 37.2 Å². The second kappa shape index (κ2) is 8.95. The number of hydrogen-bond acceptors (Lipinski definition) is 5. The quantitative estimate of drug-likeness (QED) is 0.585. The molecule has 3 N–H and O–H groups in total. The lowest BCUT2D eigenvalue weighted by molar-refractivity contribution is -0.118. The van der Waals surface area contributed by atoms with E-state index in [1.165, 1.54) is 13.2 Å². The standard InChI is InChI=1S/C14H18Br2F2N2O3.ClH/c1-23-9-6-8(10(15)11(16)12(9)22)13(14(17,18)7-21)20-4-2-19-3-5-20;/h6,13,19,21-22H,2-5,7H2,1H3;1H/t13-;/m1./s1. The second-order valence-corrected chi connectivity index (χ2v) is 6.84. The summed E-state index contributed by atoms with van der Waals surface area (Å²) in [4.78, 5) is 1.62. The molecule has 1 heterocycles. The average molecular weight is 497 g/mol. The van der Waals surface area contributed by atoms with Crippen LogP contribution in [0, 0.1) is 0 Å². The highest BCUT2D eigenvalue weighted by atomic mass is 79.9. The van der Waals surface area contributed by atoms with E-state index in [4.69, 9.17) is 4.74 Å². The molecule has 1 aromatic carbocycles. The molecule has 0 amide bonds. The third kappa shape index (κ3) is 4.31. The van der Waals surface area contributed by atoms with Crippen molar-refractivity contribution in [1.82, 2.24) is 10.2 Å². The first-order valence-corrected chi connectivity index (χ1v) is 8.60. The van der Waals surface area contributed by atoms with Gasteiger partial charge in [0.05, 0.1) is 11.6 Å². The van der Waals surface area contributed by atoms with Crippen molar-refractivity contribution in [2.45, 2.75) is 12.0 Å². The summed E-state index contributed by atoms with van der Waals surface area (Å²) in [6.07, 6.45) is 0. The van der Waals surface area contributed by atoms with Crippen molar-refractivity contribution in [3.8, 4) is 11.5 Å². The molecule has 0 aromatic heterocycles. The zero-order valence-electron chi connectivity index (χ0n) is 12.9. The highest BCUT2D eigenvalue weighted by molar-refractivity contribution is 9.13. The maximum Gasteiger partial charge on any atom is 0.289 e. The fraction of sp³-hybridized carbons (Fsp3) is 0.571.